The largest absolute Gasteiger partial charge is 0.452 e. The number of hydrogen-bond donors (Lipinski definition) is 2. The highest BCUT2D eigenvalue weighted by Crippen LogP contribution is 2.16. The topological polar surface area (TPSA) is 84.5 Å². The van der Waals surface area contributed by atoms with Crippen molar-refractivity contribution in [2.24, 2.45) is 0 Å². The van der Waals surface area contributed by atoms with Gasteiger partial charge in [0, 0.05) is 22.8 Å². The molecule has 0 bridgehead atoms. The maximum atomic E-state index is 11.9. The number of halogens is 1. The molecule has 6 nitrogen and oxygen atoms in total. The summed E-state index contributed by atoms with van der Waals surface area (Å²) < 4.78 is 5.57. The van der Waals surface area contributed by atoms with Crippen LogP contribution in [-0.2, 0) is 9.53 Å². The van der Waals surface area contributed by atoms with Gasteiger partial charge in [-0.25, -0.2) is 4.79 Å². The van der Waals surface area contributed by atoms with Gasteiger partial charge in [-0.1, -0.05) is 12.1 Å². The molecule has 0 saturated heterocycles. The molecule has 2 N–H and O–H groups in total. The fraction of sp³-hybridized carbons (Fsp3) is 0.118. The van der Waals surface area contributed by atoms with Crippen molar-refractivity contribution in [2.75, 3.05) is 19.0 Å². The van der Waals surface area contributed by atoms with Crippen LogP contribution in [0.25, 0.3) is 0 Å². The fourth-order valence-corrected chi connectivity index (χ4v) is 2.33. The molecule has 2 aromatic carbocycles. The zero-order valence-corrected chi connectivity index (χ0v) is 14.4. The summed E-state index contributed by atoms with van der Waals surface area (Å²) in [7, 11) is 1.54. The number of carbonyl (C=O) groups is 3. The monoisotopic (exact) mass is 390 g/mol. The van der Waals surface area contributed by atoms with E-state index in [0.29, 0.717) is 21.3 Å². The fourth-order valence-electron chi connectivity index (χ4n) is 1.88. The first-order valence-corrected chi connectivity index (χ1v) is 7.84. The Morgan fingerprint density at radius 1 is 1.04 bits per heavy atom. The first-order chi connectivity index (χ1) is 11.5. The molecule has 0 fully saturated rings. The summed E-state index contributed by atoms with van der Waals surface area (Å²) in [6.45, 7) is -0.405. The molecule has 2 aromatic rings. The van der Waals surface area contributed by atoms with Crippen molar-refractivity contribution in [1.29, 1.82) is 0 Å². The van der Waals surface area contributed by atoms with E-state index in [9.17, 15) is 14.4 Å². The second kappa shape index (κ2) is 8.26. The van der Waals surface area contributed by atoms with Crippen LogP contribution in [0.4, 0.5) is 5.69 Å². The first-order valence-electron chi connectivity index (χ1n) is 7.05. The summed E-state index contributed by atoms with van der Waals surface area (Å²) in [6, 6.07) is 13.1. The van der Waals surface area contributed by atoms with E-state index in [2.05, 4.69) is 26.6 Å². The molecule has 0 aromatic heterocycles. The second-order valence-electron chi connectivity index (χ2n) is 4.76. The van der Waals surface area contributed by atoms with Crippen molar-refractivity contribution < 1.29 is 19.1 Å². The standard InChI is InChI=1S/C17H15BrN2O4/c1-19-16(22)11-6-8-12(9-7-11)20-15(21)10-24-17(23)13-4-2-3-5-14(13)18/h2-9H,10H2,1H3,(H,19,22)(H,20,21). The summed E-state index contributed by atoms with van der Waals surface area (Å²) in [5.74, 6) is -1.27. The Morgan fingerprint density at radius 2 is 1.71 bits per heavy atom. The van der Waals surface area contributed by atoms with Gasteiger partial charge in [0.25, 0.3) is 11.8 Å². The predicted molar refractivity (Wildman–Crippen MR) is 92.9 cm³/mol. The lowest BCUT2D eigenvalue weighted by atomic mass is 10.2. The van der Waals surface area contributed by atoms with E-state index < -0.39 is 18.5 Å². The van der Waals surface area contributed by atoms with E-state index in [0.717, 1.165) is 0 Å². The molecule has 0 spiro atoms. The first kappa shape index (κ1) is 17.7. The summed E-state index contributed by atoms with van der Waals surface area (Å²) in [4.78, 5) is 35.2. The lowest BCUT2D eigenvalue weighted by Gasteiger charge is -2.08. The highest BCUT2D eigenvalue weighted by molar-refractivity contribution is 9.10. The van der Waals surface area contributed by atoms with E-state index in [1.54, 1.807) is 48.5 Å². The number of anilines is 1. The molecule has 7 heteroatoms. The molecule has 0 aliphatic rings. The SMILES string of the molecule is CNC(=O)c1ccc(NC(=O)COC(=O)c2ccccc2Br)cc1. The number of esters is 1. The summed E-state index contributed by atoms with van der Waals surface area (Å²) >= 11 is 3.25. The van der Waals surface area contributed by atoms with Crippen LogP contribution in [0.3, 0.4) is 0 Å². The molecule has 0 atom stereocenters. The zero-order chi connectivity index (χ0) is 17.5. The third-order valence-corrected chi connectivity index (χ3v) is 3.78. The van der Waals surface area contributed by atoms with Gasteiger partial charge in [0.05, 0.1) is 5.56 Å². The average Bonchev–Trinajstić information content (AvgIpc) is 2.60. The van der Waals surface area contributed by atoms with Crippen molar-refractivity contribution in [2.45, 2.75) is 0 Å². The number of amides is 2. The molecule has 0 saturated carbocycles. The van der Waals surface area contributed by atoms with Crippen LogP contribution in [0, 0.1) is 0 Å². The maximum Gasteiger partial charge on any atom is 0.339 e. The normalized spacial score (nSPS) is 9.92. The summed E-state index contributed by atoms with van der Waals surface area (Å²) in [5.41, 5.74) is 1.33. The molecular weight excluding hydrogens is 376 g/mol. The molecule has 0 unspecified atom stereocenters. The van der Waals surface area contributed by atoms with Gasteiger partial charge in [-0.3, -0.25) is 9.59 Å². The molecule has 0 aliphatic carbocycles. The third kappa shape index (κ3) is 4.66. The van der Waals surface area contributed by atoms with Crippen molar-refractivity contribution >= 4 is 39.4 Å². The van der Waals surface area contributed by atoms with Crippen LogP contribution in [0.1, 0.15) is 20.7 Å². The summed E-state index contributed by atoms with van der Waals surface area (Å²) in [5, 5.41) is 5.09. The Bertz CT molecular complexity index is 759. The minimum absolute atomic E-state index is 0.213. The molecule has 2 rings (SSSR count). The van der Waals surface area contributed by atoms with Gasteiger partial charge < -0.3 is 15.4 Å². The van der Waals surface area contributed by atoms with Crippen molar-refractivity contribution in [3.63, 3.8) is 0 Å². The number of rotatable bonds is 5. The lowest BCUT2D eigenvalue weighted by molar-refractivity contribution is -0.119. The molecular formula is C17H15BrN2O4. The van der Waals surface area contributed by atoms with E-state index in [1.165, 1.54) is 7.05 Å². The van der Waals surface area contributed by atoms with Crippen LogP contribution in [0.5, 0.6) is 0 Å². The molecule has 124 valence electrons. The van der Waals surface area contributed by atoms with Gasteiger partial charge in [-0.15, -0.1) is 0 Å². The number of benzene rings is 2. The van der Waals surface area contributed by atoms with Gasteiger partial charge in [0.1, 0.15) is 0 Å². The zero-order valence-electron chi connectivity index (χ0n) is 12.8. The Labute approximate surface area is 147 Å². The summed E-state index contributed by atoms with van der Waals surface area (Å²) in [6.07, 6.45) is 0. The molecule has 0 aliphatic heterocycles. The Kier molecular flexibility index (Phi) is 6.08. The van der Waals surface area contributed by atoms with Gasteiger partial charge in [0.2, 0.25) is 0 Å². The minimum Gasteiger partial charge on any atom is -0.452 e. The third-order valence-electron chi connectivity index (χ3n) is 3.09. The van der Waals surface area contributed by atoms with E-state index in [-0.39, 0.29) is 5.91 Å². The quantitative estimate of drug-likeness (QED) is 0.768. The highest BCUT2D eigenvalue weighted by atomic mass is 79.9. The molecule has 0 radical (unpaired) electrons. The predicted octanol–water partition coefficient (Wildman–Crippen LogP) is 2.60. The number of carbonyl (C=O) groups excluding carboxylic acids is 3. The maximum absolute atomic E-state index is 11.9. The number of nitrogens with one attached hydrogen (secondary N) is 2. The molecule has 2 amide bonds. The van der Waals surface area contributed by atoms with Crippen LogP contribution in [-0.4, -0.2) is 31.4 Å². The van der Waals surface area contributed by atoms with Gasteiger partial charge in [0.15, 0.2) is 6.61 Å². The Morgan fingerprint density at radius 3 is 2.33 bits per heavy atom. The van der Waals surface area contributed by atoms with E-state index >= 15 is 0 Å². The van der Waals surface area contributed by atoms with Crippen LogP contribution in [0.15, 0.2) is 53.0 Å². The molecule has 0 heterocycles. The second-order valence-corrected chi connectivity index (χ2v) is 5.61. The van der Waals surface area contributed by atoms with Crippen LogP contribution in [0.2, 0.25) is 0 Å². The average molecular weight is 391 g/mol. The van der Waals surface area contributed by atoms with Crippen molar-refractivity contribution in [1.82, 2.24) is 5.32 Å². The van der Waals surface area contributed by atoms with Crippen molar-refractivity contribution in [3.05, 3.63) is 64.1 Å². The van der Waals surface area contributed by atoms with E-state index in [1.807, 2.05) is 0 Å². The van der Waals surface area contributed by atoms with Crippen molar-refractivity contribution in [3.8, 4) is 0 Å². The molecule has 24 heavy (non-hydrogen) atoms. The van der Waals surface area contributed by atoms with Crippen LogP contribution >= 0.6 is 15.9 Å². The van der Waals surface area contributed by atoms with Gasteiger partial charge in [-0.05, 0) is 52.3 Å². The smallest absolute Gasteiger partial charge is 0.339 e. The Hall–Kier alpha value is -2.67. The van der Waals surface area contributed by atoms with Crippen LogP contribution < -0.4 is 10.6 Å². The lowest BCUT2D eigenvalue weighted by Crippen LogP contribution is -2.21. The van der Waals surface area contributed by atoms with E-state index in [4.69, 9.17) is 4.74 Å². The van der Waals surface area contributed by atoms with Gasteiger partial charge in [-0.2, -0.15) is 0 Å². The highest BCUT2D eigenvalue weighted by Gasteiger charge is 2.13. The van der Waals surface area contributed by atoms with Gasteiger partial charge >= 0.3 is 5.97 Å². The Balaban J connectivity index is 1.88. The minimum atomic E-state index is -0.590. The number of hydrogen-bond acceptors (Lipinski definition) is 4. The number of ether oxygens (including phenoxy) is 1.